The highest BCUT2D eigenvalue weighted by Gasteiger charge is 2.41. The summed E-state index contributed by atoms with van der Waals surface area (Å²) >= 11 is 0. The van der Waals surface area contributed by atoms with Gasteiger partial charge in [0.05, 0.1) is 12.6 Å². The predicted octanol–water partition coefficient (Wildman–Crippen LogP) is 3.10. The molecule has 1 heterocycles. The van der Waals surface area contributed by atoms with E-state index in [0.29, 0.717) is 24.1 Å². The Morgan fingerprint density at radius 2 is 2.00 bits per heavy atom. The fraction of sp³-hybridized carbons (Fsp3) is 0.524. The van der Waals surface area contributed by atoms with Crippen LogP contribution in [0.5, 0.6) is 0 Å². The molecule has 1 saturated heterocycles. The zero-order valence-corrected chi connectivity index (χ0v) is 18.7. The third-order valence-corrected chi connectivity index (χ3v) is 8.04. The van der Waals surface area contributed by atoms with E-state index in [1.54, 1.807) is 25.1 Å². The van der Waals surface area contributed by atoms with Crippen LogP contribution in [0.4, 0.5) is 4.39 Å². The van der Waals surface area contributed by atoms with E-state index in [0.717, 1.165) is 29.9 Å². The van der Waals surface area contributed by atoms with Crippen LogP contribution < -0.4 is 0 Å². The minimum absolute atomic E-state index is 0.0233. The Hall–Kier alpha value is -1.71. The van der Waals surface area contributed by atoms with Crippen molar-refractivity contribution in [2.45, 2.75) is 37.5 Å². The van der Waals surface area contributed by atoms with Gasteiger partial charge >= 0.3 is 5.97 Å². The molecule has 1 aromatic rings. The lowest BCUT2D eigenvalue weighted by Gasteiger charge is -2.38. The predicted molar refractivity (Wildman–Crippen MR) is 114 cm³/mol. The quantitative estimate of drug-likeness (QED) is 0.338. The number of likely N-dealkylation sites (tertiary alicyclic amines) is 1. The third-order valence-electron chi connectivity index (χ3n) is 5.17. The molecular weight excluding hydrogens is 429 g/mol. The van der Waals surface area contributed by atoms with Crippen molar-refractivity contribution in [1.29, 1.82) is 0 Å². The van der Waals surface area contributed by atoms with E-state index in [4.69, 9.17) is 4.74 Å². The molecule has 0 amide bonds. The minimum atomic E-state index is -3.34. The average Bonchev–Trinajstić information content (AvgIpc) is 3.50. The second-order valence-electron chi connectivity index (χ2n) is 7.62. The summed E-state index contributed by atoms with van der Waals surface area (Å²) in [5.74, 6) is -1.09. The van der Waals surface area contributed by atoms with Crippen LogP contribution in [0, 0.1) is 11.7 Å². The fourth-order valence-electron chi connectivity index (χ4n) is 3.72. The lowest BCUT2D eigenvalue weighted by atomic mass is 9.93. The van der Waals surface area contributed by atoms with Crippen LogP contribution in [0.15, 0.2) is 35.9 Å². The lowest BCUT2D eigenvalue weighted by Crippen LogP contribution is -2.43. The van der Waals surface area contributed by atoms with Crippen molar-refractivity contribution >= 4 is 31.4 Å². The first-order valence-corrected chi connectivity index (χ1v) is 13.3. The van der Waals surface area contributed by atoms with Gasteiger partial charge in [0.1, 0.15) is 5.82 Å². The monoisotopic (exact) mass is 455 g/mol. The van der Waals surface area contributed by atoms with Crippen molar-refractivity contribution in [3.8, 4) is 0 Å². The number of hydrogen-bond acceptors (Lipinski definition) is 7. The normalized spacial score (nSPS) is 22.6. The summed E-state index contributed by atoms with van der Waals surface area (Å²) in [5.41, 5.74) is 0.888. The Bertz CT molecular complexity index is 942. The Labute approximate surface area is 180 Å². The van der Waals surface area contributed by atoms with Crippen LogP contribution in [-0.2, 0) is 23.2 Å². The first-order valence-electron chi connectivity index (χ1n) is 9.97. The van der Waals surface area contributed by atoms with E-state index < -0.39 is 31.9 Å². The van der Waals surface area contributed by atoms with Crippen LogP contribution in [0.3, 0.4) is 0 Å². The number of rotatable bonds is 8. The van der Waals surface area contributed by atoms with Gasteiger partial charge in [0.25, 0.3) is 0 Å². The number of Topliss-reactive ketones (excluding diaryl/α,β-unsaturated/α-hetero) is 1. The first kappa shape index (κ1) is 23.0. The van der Waals surface area contributed by atoms with Crippen molar-refractivity contribution in [2.75, 3.05) is 26.0 Å². The Morgan fingerprint density at radius 1 is 1.30 bits per heavy atom. The van der Waals surface area contributed by atoms with E-state index >= 15 is 0 Å². The summed E-state index contributed by atoms with van der Waals surface area (Å²) < 4.78 is 43.3. The molecule has 1 aliphatic heterocycles. The molecule has 1 aliphatic carbocycles. The Balaban J connectivity index is 1.92. The average molecular weight is 456 g/mol. The Morgan fingerprint density at radius 3 is 2.60 bits per heavy atom. The number of esters is 1. The summed E-state index contributed by atoms with van der Waals surface area (Å²) in [4.78, 5) is 27.0. The summed E-state index contributed by atoms with van der Waals surface area (Å²) in [6.07, 6.45) is 4.47. The van der Waals surface area contributed by atoms with Gasteiger partial charge in [-0.25, -0.2) is 17.6 Å². The number of carbonyl (C=O) groups is 2. The summed E-state index contributed by atoms with van der Waals surface area (Å²) in [5, 5.41) is -0.419. The molecule has 6 nitrogen and oxygen atoms in total. The molecule has 164 valence electrons. The summed E-state index contributed by atoms with van der Waals surface area (Å²) in [7, 11) is -2.55. The maximum absolute atomic E-state index is 14.6. The molecule has 0 N–H and O–H groups in total. The van der Waals surface area contributed by atoms with Gasteiger partial charge in [-0.3, -0.25) is 9.69 Å². The van der Waals surface area contributed by atoms with E-state index in [-0.39, 0.29) is 24.9 Å². The van der Waals surface area contributed by atoms with Gasteiger partial charge < -0.3 is 4.74 Å². The number of nitrogens with zero attached hydrogens (tertiary/aromatic N) is 1. The van der Waals surface area contributed by atoms with Crippen LogP contribution >= 0.6 is 10.8 Å². The van der Waals surface area contributed by atoms with Gasteiger partial charge in [-0.2, -0.15) is 0 Å². The molecule has 0 bridgehead atoms. The number of benzene rings is 1. The molecule has 0 aromatic heterocycles. The van der Waals surface area contributed by atoms with Gasteiger partial charge in [-0.05, 0) is 48.6 Å². The van der Waals surface area contributed by atoms with E-state index in [2.05, 4.69) is 0 Å². The van der Waals surface area contributed by atoms with Crippen LogP contribution in [-0.4, -0.2) is 56.3 Å². The summed E-state index contributed by atoms with van der Waals surface area (Å²) in [6.45, 7) is 2.51. The second kappa shape index (κ2) is 9.62. The van der Waals surface area contributed by atoms with Crippen LogP contribution in [0.1, 0.15) is 37.8 Å². The number of halogens is 1. The van der Waals surface area contributed by atoms with Gasteiger partial charge in [0.2, 0.25) is 0 Å². The molecule has 2 aliphatic rings. The number of piperidine rings is 1. The van der Waals surface area contributed by atoms with Crippen molar-refractivity contribution in [1.82, 2.24) is 4.90 Å². The largest absolute Gasteiger partial charge is 0.463 e. The van der Waals surface area contributed by atoms with Gasteiger partial charge in [0, 0.05) is 42.2 Å². The van der Waals surface area contributed by atoms with Crippen molar-refractivity contribution in [3.05, 3.63) is 47.3 Å². The minimum Gasteiger partial charge on any atom is -0.463 e. The molecule has 30 heavy (non-hydrogen) atoms. The molecule has 1 aromatic carbocycles. The highest BCUT2D eigenvalue weighted by molar-refractivity contribution is 8.72. The van der Waals surface area contributed by atoms with Gasteiger partial charge in [0.15, 0.2) is 14.7 Å². The topological polar surface area (TPSA) is 80.8 Å². The molecule has 0 spiro atoms. The molecule has 2 fully saturated rings. The number of carbonyl (C=O) groups excluding carboxylic acids is 2. The molecule has 1 saturated carbocycles. The molecule has 2 atom stereocenters. The zero-order valence-electron chi connectivity index (χ0n) is 17.0. The van der Waals surface area contributed by atoms with Crippen molar-refractivity contribution in [2.24, 2.45) is 5.92 Å². The molecule has 2 unspecified atom stereocenters. The Kier molecular flexibility index (Phi) is 7.36. The van der Waals surface area contributed by atoms with Gasteiger partial charge in [-0.1, -0.05) is 18.2 Å². The maximum atomic E-state index is 14.6. The second-order valence-corrected chi connectivity index (χ2v) is 12.2. The molecular formula is C21H26FNO5S2. The standard InChI is InChI=1S/C21H26FNO5S2/c1-3-28-19(24)12-15-13-23(11-10-18(15)29-30(2,26)27)20(21(25)14-8-9-14)16-6-4-5-7-17(16)22/h4-7,12,14,18,20H,3,8-11,13H2,1-2H3/b15-12+. The van der Waals surface area contributed by atoms with Crippen LogP contribution in [0.25, 0.3) is 0 Å². The zero-order chi connectivity index (χ0) is 21.9. The van der Waals surface area contributed by atoms with E-state index in [1.165, 1.54) is 12.1 Å². The fourth-order valence-corrected chi connectivity index (χ4v) is 6.53. The smallest absolute Gasteiger partial charge is 0.330 e. The molecule has 9 heteroatoms. The van der Waals surface area contributed by atoms with Gasteiger partial charge in [-0.15, -0.1) is 0 Å². The number of ketones is 1. The number of ether oxygens (including phenoxy) is 1. The van der Waals surface area contributed by atoms with Crippen LogP contribution in [0.2, 0.25) is 0 Å². The van der Waals surface area contributed by atoms with E-state index in [1.807, 2.05) is 4.90 Å². The first-order chi connectivity index (χ1) is 14.2. The van der Waals surface area contributed by atoms with Crippen molar-refractivity contribution in [3.63, 3.8) is 0 Å². The van der Waals surface area contributed by atoms with Crippen molar-refractivity contribution < 1.29 is 27.1 Å². The lowest BCUT2D eigenvalue weighted by molar-refractivity contribution is -0.137. The highest BCUT2D eigenvalue weighted by Crippen LogP contribution is 2.40. The van der Waals surface area contributed by atoms with E-state index in [9.17, 15) is 22.4 Å². The number of hydrogen-bond donors (Lipinski definition) is 0. The third kappa shape index (κ3) is 5.92. The maximum Gasteiger partial charge on any atom is 0.330 e. The molecule has 0 radical (unpaired) electrons. The summed E-state index contributed by atoms with van der Waals surface area (Å²) in [6, 6.07) is 5.48. The highest BCUT2D eigenvalue weighted by atomic mass is 33.1. The molecule has 3 rings (SSSR count). The SMILES string of the molecule is CCOC(=O)/C=C1\CN(C(C(=O)C2CC2)c2ccccc2F)CCC1SS(C)(=O)=O.